The minimum Gasteiger partial charge on any atom is -0.463 e. The third kappa shape index (κ3) is 3.23. The standard InChI is InChI=1S/C15H17NO2/c1-2-18-15(17)14-9-6-10-16(12-14)11-13-7-4-3-5-8-13/h3-8,10,12H,2,9,11H2,1H3. The molecular formula is C15H17NO2. The number of allylic oxidation sites excluding steroid dienone is 1. The Labute approximate surface area is 107 Å². The van der Waals surface area contributed by atoms with Crippen LogP contribution in [0.5, 0.6) is 0 Å². The van der Waals surface area contributed by atoms with Gasteiger partial charge in [0.15, 0.2) is 0 Å². The maximum atomic E-state index is 11.6. The maximum absolute atomic E-state index is 11.6. The van der Waals surface area contributed by atoms with E-state index in [0.717, 1.165) is 6.54 Å². The molecule has 1 aliphatic rings. The third-order valence-electron chi connectivity index (χ3n) is 2.70. The summed E-state index contributed by atoms with van der Waals surface area (Å²) in [5.74, 6) is -0.222. The molecular weight excluding hydrogens is 226 g/mol. The van der Waals surface area contributed by atoms with E-state index in [-0.39, 0.29) is 5.97 Å². The average Bonchev–Trinajstić information content (AvgIpc) is 2.40. The zero-order valence-corrected chi connectivity index (χ0v) is 10.5. The molecule has 0 N–H and O–H groups in total. The van der Waals surface area contributed by atoms with Crippen molar-refractivity contribution in [2.45, 2.75) is 19.9 Å². The number of carbonyl (C=O) groups excluding carboxylic acids is 1. The van der Waals surface area contributed by atoms with Crippen LogP contribution in [0.4, 0.5) is 0 Å². The lowest BCUT2D eigenvalue weighted by Gasteiger charge is -2.20. The Morgan fingerprint density at radius 3 is 2.83 bits per heavy atom. The smallest absolute Gasteiger partial charge is 0.335 e. The summed E-state index contributed by atoms with van der Waals surface area (Å²) >= 11 is 0. The van der Waals surface area contributed by atoms with Gasteiger partial charge >= 0.3 is 5.97 Å². The first-order chi connectivity index (χ1) is 8.79. The van der Waals surface area contributed by atoms with Gasteiger partial charge in [-0.15, -0.1) is 0 Å². The van der Waals surface area contributed by atoms with Crippen LogP contribution in [0, 0.1) is 0 Å². The van der Waals surface area contributed by atoms with E-state index < -0.39 is 0 Å². The number of hydrogen-bond donors (Lipinski definition) is 0. The number of ether oxygens (including phenoxy) is 1. The third-order valence-corrected chi connectivity index (χ3v) is 2.70. The minimum absolute atomic E-state index is 0.222. The fraction of sp³-hybridized carbons (Fsp3) is 0.267. The summed E-state index contributed by atoms with van der Waals surface area (Å²) in [5, 5.41) is 0. The van der Waals surface area contributed by atoms with Crippen LogP contribution >= 0.6 is 0 Å². The first-order valence-corrected chi connectivity index (χ1v) is 6.13. The van der Waals surface area contributed by atoms with E-state index in [1.54, 1.807) is 0 Å². The summed E-state index contributed by atoms with van der Waals surface area (Å²) in [7, 11) is 0. The first kappa shape index (κ1) is 12.4. The molecule has 3 nitrogen and oxygen atoms in total. The predicted molar refractivity (Wildman–Crippen MR) is 70.5 cm³/mol. The monoisotopic (exact) mass is 243 g/mol. The van der Waals surface area contributed by atoms with E-state index in [9.17, 15) is 4.79 Å². The zero-order chi connectivity index (χ0) is 12.8. The normalized spacial score (nSPS) is 14.3. The lowest BCUT2D eigenvalue weighted by Crippen LogP contribution is -2.17. The van der Waals surface area contributed by atoms with Gasteiger partial charge in [0.2, 0.25) is 0 Å². The second-order valence-electron chi connectivity index (χ2n) is 4.12. The van der Waals surface area contributed by atoms with Crippen molar-refractivity contribution in [3.8, 4) is 0 Å². The second-order valence-corrected chi connectivity index (χ2v) is 4.12. The van der Waals surface area contributed by atoms with Gasteiger partial charge in [-0.3, -0.25) is 0 Å². The summed E-state index contributed by atoms with van der Waals surface area (Å²) in [6, 6.07) is 10.2. The molecule has 0 saturated heterocycles. The molecule has 1 aromatic rings. The lowest BCUT2D eigenvalue weighted by molar-refractivity contribution is -0.138. The highest BCUT2D eigenvalue weighted by Crippen LogP contribution is 2.16. The fourth-order valence-corrected chi connectivity index (χ4v) is 1.86. The highest BCUT2D eigenvalue weighted by molar-refractivity contribution is 5.88. The van der Waals surface area contributed by atoms with E-state index in [1.165, 1.54) is 5.56 Å². The molecule has 94 valence electrons. The molecule has 1 heterocycles. The van der Waals surface area contributed by atoms with Gasteiger partial charge < -0.3 is 9.64 Å². The molecule has 1 aromatic carbocycles. The van der Waals surface area contributed by atoms with E-state index >= 15 is 0 Å². The Balaban J connectivity index is 2.03. The van der Waals surface area contributed by atoms with Crippen LogP contribution in [0.2, 0.25) is 0 Å². The van der Waals surface area contributed by atoms with Gasteiger partial charge in [0.05, 0.1) is 12.2 Å². The van der Waals surface area contributed by atoms with Crippen molar-refractivity contribution in [2.75, 3.05) is 6.61 Å². The molecule has 0 aromatic heterocycles. The van der Waals surface area contributed by atoms with Crippen molar-refractivity contribution in [2.24, 2.45) is 0 Å². The van der Waals surface area contributed by atoms with Crippen molar-refractivity contribution in [1.29, 1.82) is 0 Å². The van der Waals surface area contributed by atoms with E-state index in [2.05, 4.69) is 12.1 Å². The Bertz CT molecular complexity index is 463. The van der Waals surface area contributed by atoms with Gasteiger partial charge in [0, 0.05) is 25.4 Å². The van der Waals surface area contributed by atoms with Gasteiger partial charge in [-0.2, -0.15) is 0 Å². The van der Waals surface area contributed by atoms with Crippen molar-refractivity contribution in [1.82, 2.24) is 4.90 Å². The summed E-state index contributed by atoms with van der Waals surface area (Å²) in [6.07, 6.45) is 6.49. The van der Waals surface area contributed by atoms with Crippen molar-refractivity contribution >= 4 is 5.97 Å². The van der Waals surface area contributed by atoms with Gasteiger partial charge in [0.25, 0.3) is 0 Å². The van der Waals surface area contributed by atoms with Crippen molar-refractivity contribution in [3.05, 3.63) is 59.9 Å². The molecule has 0 radical (unpaired) electrons. The second kappa shape index (κ2) is 6.05. The van der Waals surface area contributed by atoms with Gasteiger partial charge in [-0.1, -0.05) is 36.4 Å². The first-order valence-electron chi connectivity index (χ1n) is 6.13. The number of carbonyl (C=O) groups is 1. The van der Waals surface area contributed by atoms with Crippen LogP contribution in [0.25, 0.3) is 0 Å². The van der Waals surface area contributed by atoms with Crippen LogP contribution in [0.3, 0.4) is 0 Å². The largest absolute Gasteiger partial charge is 0.463 e. The summed E-state index contributed by atoms with van der Waals surface area (Å²) in [5.41, 5.74) is 1.92. The fourth-order valence-electron chi connectivity index (χ4n) is 1.86. The summed E-state index contributed by atoms with van der Waals surface area (Å²) in [4.78, 5) is 13.7. The Kier molecular flexibility index (Phi) is 4.18. The number of benzene rings is 1. The molecule has 0 spiro atoms. The Morgan fingerprint density at radius 2 is 2.11 bits per heavy atom. The number of rotatable bonds is 4. The predicted octanol–water partition coefficient (Wildman–Crippen LogP) is 2.85. The highest BCUT2D eigenvalue weighted by atomic mass is 16.5. The van der Waals surface area contributed by atoms with Crippen LogP contribution < -0.4 is 0 Å². The van der Waals surface area contributed by atoms with Crippen molar-refractivity contribution in [3.63, 3.8) is 0 Å². The molecule has 0 aliphatic carbocycles. The van der Waals surface area contributed by atoms with E-state index in [4.69, 9.17) is 4.74 Å². The molecule has 0 atom stereocenters. The summed E-state index contributed by atoms with van der Waals surface area (Å²) in [6.45, 7) is 3.00. The highest BCUT2D eigenvalue weighted by Gasteiger charge is 2.13. The topological polar surface area (TPSA) is 29.5 Å². The van der Waals surface area contributed by atoms with Crippen molar-refractivity contribution < 1.29 is 9.53 Å². The molecule has 2 rings (SSSR count). The quantitative estimate of drug-likeness (QED) is 0.761. The SMILES string of the molecule is CCOC(=O)C1=CN(Cc2ccccc2)C=CC1. The number of esters is 1. The molecule has 3 heteroatoms. The average molecular weight is 243 g/mol. The van der Waals surface area contributed by atoms with E-state index in [0.29, 0.717) is 18.6 Å². The van der Waals surface area contributed by atoms with Gasteiger partial charge in [0.1, 0.15) is 0 Å². The van der Waals surface area contributed by atoms with E-state index in [1.807, 2.05) is 48.5 Å². The number of nitrogens with zero attached hydrogens (tertiary/aromatic N) is 1. The molecule has 0 bridgehead atoms. The zero-order valence-electron chi connectivity index (χ0n) is 10.5. The van der Waals surface area contributed by atoms with Crippen LogP contribution in [-0.4, -0.2) is 17.5 Å². The molecule has 0 unspecified atom stereocenters. The van der Waals surface area contributed by atoms with Gasteiger partial charge in [-0.05, 0) is 12.5 Å². The molecule has 0 saturated carbocycles. The van der Waals surface area contributed by atoms with Gasteiger partial charge in [-0.25, -0.2) is 4.79 Å². The molecule has 0 fully saturated rings. The molecule has 1 aliphatic heterocycles. The molecule has 0 amide bonds. The lowest BCUT2D eigenvalue weighted by atomic mass is 10.1. The van der Waals surface area contributed by atoms with Crippen LogP contribution in [0.1, 0.15) is 18.9 Å². The van der Waals surface area contributed by atoms with Crippen LogP contribution in [0.15, 0.2) is 54.4 Å². The minimum atomic E-state index is -0.222. The maximum Gasteiger partial charge on any atom is 0.335 e. The van der Waals surface area contributed by atoms with Crippen LogP contribution in [-0.2, 0) is 16.1 Å². The number of hydrogen-bond acceptors (Lipinski definition) is 3. The summed E-state index contributed by atoms with van der Waals surface area (Å²) < 4.78 is 5.01. The Morgan fingerprint density at radius 1 is 1.33 bits per heavy atom. The molecule has 18 heavy (non-hydrogen) atoms. The Hall–Kier alpha value is -2.03.